The average molecular weight is 759 g/mol. The molecule has 0 aromatic heterocycles. The minimum absolute atomic E-state index is 0.00810. The van der Waals surface area contributed by atoms with Gasteiger partial charge in [0.05, 0.1) is 54.8 Å². The second-order valence-corrected chi connectivity index (χ2v) is 16.7. The van der Waals surface area contributed by atoms with Gasteiger partial charge in [-0.05, 0) is 64.0 Å². The molecule has 54 heavy (non-hydrogen) atoms. The minimum atomic E-state index is -0.873. The van der Waals surface area contributed by atoms with E-state index in [1.54, 1.807) is 40.0 Å². The topological polar surface area (TPSA) is 129 Å². The number of methoxy groups -OCH3 is 2. The summed E-state index contributed by atoms with van der Waals surface area (Å²) < 4.78 is 12.0. The van der Waals surface area contributed by atoms with Crippen LogP contribution in [-0.4, -0.2) is 121 Å². The third-order valence-electron chi connectivity index (χ3n) is 12.0. The molecule has 1 saturated heterocycles. The number of nitrogens with zero attached hydrogens (tertiary/aromatic N) is 3. The van der Waals surface area contributed by atoms with Crippen LogP contribution in [0.4, 0.5) is 0 Å². The molecule has 1 aliphatic heterocycles. The number of likely N-dealkylation sites (N-methyl/N-ethyl adjacent to an activating group) is 2. The number of likely N-dealkylation sites (tertiary alicyclic amines) is 1. The number of hydrogen-bond acceptors (Lipinski definition) is 8. The highest BCUT2D eigenvalue weighted by Crippen LogP contribution is 2.31. The minimum Gasteiger partial charge on any atom is -0.386 e. The second kappa shape index (κ2) is 22.0. The van der Waals surface area contributed by atoms with Gasteiger partial charge in [0.2, 0.25) is 17.7 Å². The number of ketones is 1. The molecule has 1 aromatic carbocycles. The van der Waals surface area contributed by atoms with Crippen LogP contribution < -0.4 is 5.32 Å². The zero-order chi connectivity index (χ0) is 41.0. The van der Waals surface area contributed by atoms with Gasteiger partial charge in [-0.3, -0.25) is 24.1 Å². The van der Waals surface area contributed by atoms with Crippen molar-refractivity contribution in [3.8, 4) is 0 Å². The van der Waals surface area contributed by atoms with Crippen molar-refractivity contribution >= 4 is 23.5 Å². The van der Waals surface area contributed by atoms with Crippen LogP contribution in [0.2, 0.25) is 0 Å². The molecule has 0 aliphatic carbocycles. The lowest BCUT2D eigenvalue weighted by Crippen LogP contribution is -2.55. The number of benzene rings is 1. The van der Waals surface area contributed by atoms with Crippen LogP contribution >= 0.6 is 0 Å². The molecule has 0 bridgehead atoms. The van der Waals surface area contributed by atoms with E-state index in [0.717, 1.165) is 12.8 Å². The van der Waals surface area contributed by atoms with Crippen LogP contribution in [0.5, 0.6) is 0 Å². The highest BCUT2D eigenvalue weighted by molar-refractivity contribution is 5.90. The van der Waals surface area contributed by atoms with Crippen LogP contribution in [0.3, 0.4) is 0 Å². The van der Waals surface area contributed by atoms with Gasteiger partial charge in [-0.15, -0.1) is 0 Å². The zero-order valence-electron chi connectivity index (χ0n) is 35.9. The third-order valence-corrected chi connectivity index (χ3v) is 12.0. The Morgan fingerprint density at radius 2 is 1.52 bits per heavy atom. The van der Waals surface area contributed by atoms with Gasteiger partial charge < -0.3 is 29.7 Å². The van der Waals surface area contributed by atoms with E-state index in [1.807, 2.05) is 70.0 Å². The predicted molar refractivity (Wildman–Crippen MR) is 215 cm³/mol. The highest BCUT2D eigenvalue weighted by Gasteiger charge is 2.43. The normalized spacial score (nSPS) is 20.0. The summed E-state index contributed by atoms with van der Waals surface area (Å²) in [5.41, 5.74) is 0.715. The van der Waals surface area contributed by atoms with Gasteiger partial charge in [0.15, 0.2) is 5.78 Å². The van der Waals surface area contributed by atoms with Crippen molar-refractivity contribution < 1.29 is 33.8 Å². The Morgan fingerprint density at radius 1 is 0.907 bits per heavy atom. The van der Waals surface area contributed by atoms with Crippen molar-refractivity contribution in [2.24, 2.45) is 29.6 Å². The molecule has 0 spiro atoms. The molecule has 1 heterocycles. The summed E-state index contributed by atoms with van der Waals surface area (Å²) in [6, 6.07) is 7.83. The van der Waals surface area contributed by atoms with Gasteiger partial charge in [-0.2, -0.15) is 0 Å². The van der Waals surface area contributed by atoms with Gasteiger partial charge >= 0.3 is 0 Å². The fourth-order valence-electron chi connectivity index (χ4n) is 8.28. The van der Waals surface area contributed by atoms with E-state index in [1.165, 1.54) is 0 Å². The summed E-state index contributed by atoms with van der Waals surface area (Å²) in [7, 11) is 6.90. The SMILES string of the molecule is CC[C@H](C)[C@@H]([C@@H](CC(=O)N1CCC[C@H]1[C@H](OC)[C@@H](C)C(=O)N[C@H](C)[C@@H](O)c1ccccc1)OC)N(C)C(=O)[C@@H](CC(=O)[C@H](C(C)C)N(C)C(C)C)C(C)C. The quantitative estimate of drug-likeness (QED) is 0.153. The van der Waals surface area contributed by atoms with Crippen LogP contribution in [-0.2, 0) is 28.7 Å². The fourth-order valence-corrected chi connectivity index (χ4v) is 8.28. The largest absolute Gasteiger partial charge is 0.386 e. The van der Waals surface area contributed by atoms with E-state index in [4.69, 9.17) is 9.47 Å². The Kier molecular flexibility index (Phi) is 19.3. The number of carbonyl (C=O) groups is 4. The number of ether oxygens (including phenoxy) is 2. The number of amides is 3. The van der Waals surface area contributed by atoms with Crippen LogP contribution in [0.1, 0.15) is 113 Å². The molecule has 308 valence electrons. The molecule has 0 saturated carbocycles. The number of aliphatic hydroxyl groups excluding tert-OH is 1. The lowest BCUT2D eigenvalue weighted by atomic mass is 9.83. The zero-order valence-corrected chi connectivity index (χ0v) is 35.9. The molecule has 3 amide bonds. The second-order valence-electron chi connectivity index (χ2n) is 16.7. The van der Waals surface area contributed by atoms with E-state index < -0.39 is 42.2 Å². The van der Waals surface area contributed by atoms with E-state index in [-0.39, 0.29) is 72.2 Å². The van der Waals surface area contributed by atoms with Crippen molar-refractivity contribution in [2.45, 2.75) is 150 Å². The van der Waals surface area contributed by atoms with Gasteiger partial charge in [0, 0.05) is 46.2 Å². The Balaban J connectivity index is 2.27. The first-order valence-electron chi connectivity index (χ1n) is 20.2. The lowest BCUT2D eigenvalue weighted by molar-refractivity contribution is -0.149. The first kappa shape index (κ1) is 47.3. The average Bonchev–Trinajstić information content (AvgIpc) is 3.62. The molecule has 10 atom stereocenters. The monoisotopic (exact) mass is 759 g/mol. The molecule has 2 N–H and O–H groups in total. The Bertz CT molecular complexity index is 1320. The van der Waals surface area contributed by atoms with E-state index in [2.05, 4.69) is 37.9 Å². The molecule has 1 aliphatic rings. The fraction of sp³-hybridized carbons (Fsp3) is 0.767. The third kappa shape index (κ3) is 12.1. The lowest BCUT2D eigenvalue weighted by Gasteiger charge is -2.41. The van der Waals surface area contributed by atoms with Crippen LogP contribution in [0, 0.1) is 29.6 Å². The molecule has 2 rings (SSSR count). The number of aliphatic hydroxyl groups is 1. The van der Waals surface area contributed by atoms with Crippen molar-refractivity contribution in [3.05, 3.63) is 35.9 Å². The smallest absolute Gasteiger partial charge is 0.226 e. The number of Topliss-reactive ketones (excluding diaryl/α,β-unsaturated/α-hetero) is 1. The number of carbonyl (C=O) groups excluding carboxylic acids is 4. The molecule has 0 radical (unpaired) electrons. The summed E-state index contributed by atoms with van der Waals surface area (Å²) in [6.45, 7) is 20.4. The first-order chi connectivity index (χ1) is 25.3. The van der Waals surface area contributed by atoms with E-state index in [0.29, 0.717) is 18.5 Å². The van der Waals surface area contributed by atoms with Crippen molar-refractivity contribution in [1.82, 2.24) is 20.0 Å². The first-order valence-corrected chi connectivity index (χ1v) is 20.2. The summed E-state index contributed by atoms with van der Waals surface area (Å²) in [6.07, 6.45) is 0.380. The van der Waals surface area contributed by atoms with Crippen LogP contribution in [0.25, 0.3) is 0 Å². The van der Waals surface area contributed by atoms with Gasteiger partial charge in [-0.25, -0.2) is 0 Å². The molecule has 1 aromatic rings. The van der Waals surface area contributed by atoms with E-state index in [9.17, 15) is 24.3 Å². The maximum Gasteiger partial charge on any atom is 0.226 e. The molecule has 1 fully saturated rings. The number of rotatable bonds is 22. The number of hydrogen-bond donors (Lipinski definition) is 2. The highest BCUT2D eigenvalue weighted by atomic mass is 16.5. The molecule has 11 nitrogen and oxygen atoms in total. The van der Waals surface area contributed by atoms with Crippen molar-refractivity contribution in [1.29, 1.82) is 0 Å². The Morgan fingerprint density at radius 3 is 2.02 bits per heavy atom. The van der Waals surface area contributed by atoms with Gasteiger partial charge in [-0.1, -0.05) is 85.2 Å². The van der Waals surface area contributed by atoms with E-state index >= 15 is 0 Å². The van der Waals surface area contributed by atoms with Crippen molar-refractivity contribution in [2.75, 3.05) is 34.9 Å². The van der Waals surface area contributed by atoms with Crippen molar-refractivity contribution in [3.63, 3.8) is 0 Å². The predicted octanol–water partition coefficient (Wildman–Crippen LogP) is 5.74. The maximum atomic E-state index is 14.4. The Labute approximate surface area is 326 Å². The summed E-state index contributed by atoms with van der Waals surface area (Å²) in [5.74, 6) is -1.50. The molecule has 0 unspecified atom stereocenters. The summed E-state index contributed by atoms with van der Waals surface area (Å²) in [5, 5.41) is 13.8. The molecule has 11 heteroatoms. The Hall–Kier alpha value is -2.86. The maximum absolute atomic E-state index is 14.4. The summed E-state index contributed by atoms with van der Waals surface area (Å²) in [4.78, 5) is 61.6. The molecular formula is C43H74N4O7. The summed E-state index contributed by atoms with van der Waals surface area (Å²) >= 11 is 0. The molecular weight excluding hydrogens is 684 g/mol. The van der Waals surface area contributed by atoms with Gasteiger partial charge in [0.1, 0.15) is 0 Å². The number of nitrogens with one attached hydrogen (secondary N) is 1. The standard InChI is InChI=1S/C43H74N4O7/c1-15-29(8)39(46(12)43(52)33(26(2)3)24-35(48)38(27(4)5)45(11)28(6)7)36(53-13)25-37(49)47-23-19-22-34(47)41(54-14)30(9)42(51)44-31(10)40(50)32-20-17-16-18-21-32/h16-18,20-21,26-31,33-34,36,38-41,50H,15,19,22-25H2,1-14H3,(H,44,51)/t29-,30+,31+,33-,34-,36+,38-,39-,40+,41+/m0/s1. The van der Waals surface area contributed by atoms with Gasteiger partial charge in [0.25, 0.3) is 0 Å². The van der Waals surface area contributed by atoms with Crippen LogP contribution in [0.15, 0.2) is 30.3 Å².